The molecule has 6 nitrogen and oxygen atoms in total. The van der Waals surface area contributed by atoms with E-state index in [1.54, 1.807) is 19.5 Å². The van der Waals surface area contributed by atoms with Gasteiger partial charge in [0.05, 0.1) is 12.7 Å². The van der Waals surface area contributed by atoms with Gasteiger partial charge >= 0.3 is 0 Å². The van der Waals surface area contributed by atoms with Crippen molar-refractivity contribution in [2.45, 2.75) is 25.3 Å². The molecule has 0 spiro atoms. The first-order valence-electron chi connectivity index (χ1n) is 11.8. The molecule has 2 saturated heterocycles. The van der Waals surface area contributed by atoms with Crippen LogP contribution in [0.4, 0.5) is 0 Å². The van der Waals surface area contributed by atoms with Crippen LogP contribution < -0.4 is 4.74 Å². The minimum atomic E-state index is 0.136. The van der Waals surface area contributed by atoms with Gasteiger partial charge in [0, 0.05) is 50.7 Å². The number of fused-ring (bicyclic) bond motifs is 1. The first-order chi connectivity index (χ1) is 16.8. The van der Waals surface area contributed by atoms with Crippen molar-refractivity contribution in [1.29, 1.82) is 0 Å². The fourth-order valence-electron chi connectivity index (χ4n) is 4.32. The van der Waals surface area contributed by atoms with Gasteiger partial charge in [0.25, 0.3) is 5.91 Å². The summed E-state index contributed by atoms with van der Waals surface area (Å²) in [5.41, 5.74) is 3.03. The summed E-state index contributed by atoms with van der Waals surface area (Å²) in [6, 6.07) is 22.5. The highest BCUT2D eigenvalue weighted by Crippen LogP contribution is 2.28. The van der Waals surface area contributed by atoms with E-state index in [0.29, 0.717) is 11.6 Å². The molecule has 3 heterocycles. The molecule has 0 radical (unpaired) electrons. The lowest BCUT2D eigenvalue weighted by atomic mass is 9.99. The molecule has 2 fully saturated rings. The van der Waals surface area contributed by atoms with Gasteiger partial charge in [-0.15, -0.1) is 0 Å². The maximum Gasteiger partial charge on any atom is 0.255 e. The fraction of sp³-hybridized carbons (Fsp3) is 0.357. The molecule has 1 N–H and O–H groups in total. The third-order valence-electron chi connectivity index (χ3n) is 6.21. The van der Waals surface area contributed by atoms with E-state index in [0.717, 1.165) is 37.9 Å². The molecule has 5 rings (SSSR count). The minimum absolute atomic E-state index is 0.136. The molecule has 2 aromatic carbocycles. The Morgan fingerprint density at radius 1 is 0.941 bits per heavy atom. The lowest BCUT2D eigenvalue weighted by molar-refractivity contribution is 0.0338. The molecule has 6 heteroatoms. The molecule has 0 aliphatic carbocycles. The molecule has 1 aromatic heterocycles. The number of pyridine rings is 1. The summed E-state index contributed by atoms with van der Waals surface area (Å²) in [5, 5.41) is 7.00. The van der Waals surface area contributed by atoms with Crippen molar-refractivity contribution in [1.82, 2.24) is 14.8 Å². The number of carbonyl (C=O) groups excluding carboxylic acids is 1. The quantitative estimate of drug-likeness (QED) is 0.628. The first kappa shape index (κ1) is 25.4. The Hall–Kier alpha value is -3.22. The first-order valence-corrected chi connectivity index (χ1v) is 11.8. The summed E-state index contributed by atoms with van der Waals surface area (Å²) in [5.74, 6) is 1.05. The lowest BCUT2D eigenvalue weighted by Crippen LogP contribution is -2.56. The number of aromatic nitrogens is 1. The molecule has 0 bridgehead atoms. The van der Waals surface area contributed by atoms with E-state index in [1.165, 1.54) is 31.5 Å². The van der Waals surface area contributed by atoms with E-state index in [9.17, 15) is 4.79 Å². The van der Waals surface area contributed by atoms with Gasteiger partial charge < -0.3 is 14.7 Å². The number of nitrogens with zero attached hydrogens (tertiary/aromatic N) is 3. The second kappa shape index (κ2) is 13.5. The predicted molar refractivity (Wildman–Crippen MR) is 136 cm³/mol. The highest BCUT2D eigenvalue weighted by molar-refractivity contribution is 5.93. The second-order valence-electron chi connectivity index (χ2n) is 8.24. The maximum absolute atomic E-state index is 12.4. The van der Waals surface area contributed by atoms with Gasteiger partial charge in [-0.3, -0.25) is 14.7 Å². The van der Waals surface area contributed by atoms with Crippen molar-refractivity contribution >= 4 is 5.91 Å². The topological polar surface area (TPSA) is 65.9 Å². The van der Waals surface area contributed by atoms with Crippen LogP contribution in [0.3, 0.4) is 0 Å². The number of aliphatic hydroxyl groups excluding tert-OH is 1. The molecule has 1 atom stereocenters. The van der Waals surface area contributed by atoms with E-state index >= 15 is 0 Å². The van der Waals surface area contributed by atoms with Crippen LogP contribution in [-0.4, -0.2) is 72.2 Å². The zero-order chi connectivity index (χ0) is 24.2. The van der Waals surface area contributed by atoms with Crippen molar-refractivity contribution in [2.75, 3.05) is 40.4 Å². The molecule has 0 saturated carbocycles. The number of hydrogen-bond acceptors (Lipinski definition) is 5. The van der Waals surface area contributed by atoms with Gasteiger partial charge in [0.2, 0.25) is 0 Å². The molecule has 34 heavy (non-hydrogen) atoms. The van der Waals surface area contributed by atoms with Gasteiger partial charge in [-0.05, 0) is 49.6 Å². The Labute approximate surface area is 202 Å². The van der Waals surface area contributed by atoms with E-state index < -0.39 is 0 Å². The normalized spacial score (nSPS) is 17.3. The summed E-state index contributed by atoms with van der Waals surface area (Å²) >= 11 is 0. The average molecular weight is 462 g/mol. The van der Waals surface area contributed by atoms with Crippen LogP contribution in [0.1, 0.15) is 29.6 Å². The molecular formula is C28H35N3O3. The van der Waals surface area contributed by atoms with Gasteiger partial charge in [0.1, 0.15) is 5.75 Å². The molecule has 2 aliphatic heterocycles. The Bertz CT molecular complexity index is 998. The number of aliphatic hydroxyl groups is 1. The zero-order valence-corrected chi connectivity index (χ0v) is 20.1. The Balaban J connectivity index is 0.000000183. The molecule has 1 unspecified atom stereocenters. The Morgan fingerprint density at radius 2 is 1.68 bits per heavy atom. The monoisotopic (exact) mass is 461 g/mol. The Morgan fingerprint density at radius 3 is 2.35 bits per heavy atom. The number of methoxy groups -OCH3 is 1. The summed E-state index contributed by atoms with van der Waals surface area (Å²) in [7, 11) is 2.70. The van der Waals surface area contributed by atoms with Crippen LogP contribution >= 0.6 is 0 Å². The second-order valence-corrected chi connectivity index (χ2v) is 8.24. The summed E-state index contributed by atoms with van der Waals surface area (Å²) in [6.07, 6.45) is 6.91. The summed E-state index contributed by atoms with van der Waals surface area (Å²) in [6.45, 7) is 4.19. The van der Waals surface area contributed by atoms with Crippen molar-refractivity contribution in [3.8, 4) is 16.9 Å². The predicted octanol–water partition coefficient (Wildman–Crippen LogP) is 4.36. The van der Waals surface area contributed by atoms with E-state index in [-0.39, 0.29) is 5.91 Å². The van der Waals surface area contributed by atoms with Crippen molar-refractivity contribution in [3.05, 3.63) is 84.7 Å². The molecular weight excluding hydrogens is 426 g/mol. The van der Waals surface area contributed by atoms with Crippen LogP contribution in [0.15, 0.2) is 79.1 Å². The highest BCUT2D eigenvalue weighted by atomic mass is 16.5. The zero-order valence-electron chi connectivity index (χ0n) is 20.1. The van der Waals surface area contributed by atoms with Crippen LogP contribution in [-0.2, 0) is 0 Å². The van der Waals surface area contributed by atoms with Gasteiger partial charge in [-0.2, -0.15) is 0 Å². The van der Waals surface area contributed by atoms with E-state index in [4.69, 9.17) is 9.84 Å². The van der Waals surface area contributed by atoms with E-state index in [2.05, 4.69) is 28.1 Å². The summed E-state index contributed by atoms with van der Waals surface area (Å²) in [4.78, 5) is 21.0. The molecule has 180 valence electrons. The SMILES string of the molecule is CO.COc1ccccc1-c1ccccc1.O=C(c1cccnc1)N1CCCCN2CCC2C1. The minimum Gasteiger partial charge on any atom is -0.496 e. The third kappa shape index (κ3) is 6.65. The van der Waals surface area contributed by atoms with Crippen LogP contribution in [0.5, 0.6) is 5.75 Å². The van der Waals surface area contributed by atoms with Gasteiger partial charge in [-0.25, -0.2) is 0 Å². The highest BCUT2D eigenvalue weighted by Gasteiger charge is 2.32. The third-order valence-corrected chi connectivity index (χ3v) is 6.21. The van der Waals surface area contributed by atoms with Gasteiger partial charge in [0.15, 0.2) is 0 Å². The van der Waals surface area contributed by atoms with Crippen LogP contribution in [0.25, 0.3) is 11.1 Å². The van der Waals surface area contributed by atoms with E-state index in [1.807, 2.05) is 53.4 Å². The number of para-hydroxylation sites is 1. The number of ether oxygens (including phenoxy) is 1. The average Bonchev–Trinajstić information content (AvgIpc) is 2.91. The standard InChI is InChI=1S/C14H19N3O.C13H12O.CH4O/c18-14(12-4-3-6-15-10-12)17-8-2-1-7-16-9-5-13(16)11-17;1-14-13-10-6-5-9-12(13)11-7-3-2-4-8-11;1-2/h3-4,6,10,13H,1-2,5,7-9,11H2;2-10H,1H3;2H,1H3. The number of amides is 1. The Kier molecular flexibility index (Phi) is 10.1. The van der Waals surface area contributed by atoms with Crippen LogP contribution in [0.2, 0.25) is 0 Å². The number of carbonyl (C=O) groups is 1. The molecule has 1 amide bonds. The largest absolute Gasteiger partial charge is 0.496 e. The molecule has 2 aliphatic rings. The number of rotatable bonds is 3. The van der Waals surface area contributed by atoms with Crippen molar-refractivity contribution < 1.29 is 14.6 Å². The summed E-state index contributed by atoms with van der Waals surface area (Å²) < 4.78 is 5.30. The maximum atomic E-state index is 12.4. The van der Waals surface area contributed by atoms with Gasteiger partial charge in [-0.1, -0.05) is 48.5 Å². The lowest BCUT2D eigenvalue weighted by Gasteiger charge is -2.45. The smallest absolute Gasteiger partial charge is 0.255 e. The molecule has 3 aromatic rings. The fourth-order valence-corrected chi connectivity index (χ4v) is 4.32. The van der Waals surface area contributed by atoms with Crippen molar-refractivity contribution in [3.63, 3.8) is 0 Å². The number of hydrogen-bond donors (Lipinski definition) is 1. The van der Waals surface area contributed by atoms with Crippen molar-refractivity contribution in [2.24, 2.45) is 0 Å². The van der Waals surface area contributed by atoms with Crippen LogP contribution in [0, 0.1) is 0 Å². The number of benzene rings is 2.